The number of hydrogen-bond donors (Lipinski definition) is 2. The van der Waals surface area contributed by atoms with E-state index in [1.807, 2.05) is 78.3 Å². The van der Waals surface area contributed by atoms with Crippen molar-refractivity contribution in [1.29, 1.82) is 0 Å². The van der Waals surface area contributed by atoms with Gasteiger partial charge in [-0.1, -0.05) is 55.5 Å². The largest absolute Gasteiger partial charge is 0.481 e. The molecule has 0 saturated heterocycles. The Morgan fingerprint density at radius 3 is 2.47 bits per heavy atom. The van der Waals surface area contributed by atoms with Crippen LogP contribution < -0.4 is 5.32 Å². The summed E-state index contributed by atoms with van der Waals surface area (Å²) in [5.41, 5.74) is 5.25. The number of rotatable bonds is 8. The van der Waals surface area contributed by atoms with E-state index in [0.29, 0.717) is 18.0 Å². The first-order chi connectivity index (χ1) is 16.5. The molecule has 1 saturated carbocycles. The third-order valence-corrected chi connectivity index (χ3v) is 6.40. The summed E-state index contributed by atoms with van der Waals surface area (Å²) >= 11 is 0. The van der Waals surface area contributed by atoms with Crippen molar-refractivity contribution < 1.29 is 14.7 Å². The van der Waals surface area contributed by atoms with Crippen LogP contribution in [-0.2, 0) is 24.2 Å². The van der Waals surface area contributed by atoms with Crippen LogP contribution in [0.15, 0.2) is 66.7 Å². The average Bonchev–Trinajstić information content (AvgIpc) is 3.63. The molecular weight excluding hydrogens is 426 g/mol. The Morgan fingerprint density at radius 2 is 1.76 bits per heavy atom. The first kappa shape index (κ1) is 21.9. The Labute approximate surface area is 198 Å². The van der Waals surface area contributed by atoms with Crippen molar-refractivity contribution in [3.63, 3.8) is 0 Å². The molecule has 172 valence electrons. The standard InChI is InChI=1S/C28H27N3O3/c1-2-25-24(16-26(32)33)27(20-12-13-20)30-31(25)17-18-10-14-21(15-11-18)29-28(34)23-9-5-7-19-6-3-4-8-22(19)23/h3-11,14-15,20H,2,12-13,16-17H2,1H3,(H,29,34)(H,32,33). The number of hydrogen-bond acceptors (Lipinski definition) is 3. The normalized spacial score (nSPS) is 13.2. The van der Waals surface area contributed by atoms with Gasteiger partial charge in [-0.25, -0.2) is 0 Å². The van der Waals surface area contributed by atoms with Crippen LogP contribution in [0.1, 0.15) is 58.6 Å². The lowest BCUT2D eigenvalue weighted by atomic mass is 10.0. The smallest absolute Gasteiger partial charge is 0.307 e. The second-order valence-electron chi connectivity index (χ2n) is 8.84. The van der Waals surface area contributed by atoms with Crippen molar-refractivity contribution in [3.8, 4) is 0 Å². The number of aromatic nitrogens is 2. The first-order valence-electron chi connectivity index (χ1n) is 11.7. The summed E-state index contributed by atoms with van der Waals surface area (Å²) in [6.07, 6.45) is 2.92. The molecule has 6 nitrogen and oxygen atoms in total. The highest BCUT2D eigenvalue weighted by molar-refractivity contribution is 6.12. The number of aliphatic carboxylic acids is 1. The molecule has 1 aliphatic carbocycles. The van der Waals surface area contributed by atoms with Gasteiger partial charge in [0.05, 0.1) is 18.7 Å². The third-order valence-electron chi connectivity index (χ3n) is 6.40. The van der Waals surface area contributed by atoms with E-state index in [1.165, 1.54) is 0 Å². The highest BCUT2D eigenvalue weighted by Crippen LogP contribution is 2.42. The molecule has 0 unspecified atom stereocenters. The quantitative estimate of drug-likeness (QED) is 0.374. The molecule has 34 heavy (non-hydrogen) atoms. The molecule has 4 aromatic rings. The summed E-state index contributed by atoms with van der Waals surface area (Å²) in [5.74, 6) is -0.563. The SMILES string of the molecule is CCc1c(CC(=O)O)c(C2CC2)nn1Cc1ccc(NC(=O)c2cccc3ccccc23)cc1. The number of amides is 1. The highest BCUT2D eigenvalue weighted by Gasteiger charge is 2.32. The molecule has 1 fully saturated rings. The maximum absolute atomic E-state index is 12.9. The molecule has 6 heteroatoms. The van der Waals surface area contributed by atoms with Crippen LogP contribution >= 0.6 is 0 Å². The zero-order chi connectivity index (χ0) is 23.7. The molecule has 5 rings (SSSR count). The highest BCUT2D eigenvalue weighted by atomic mass is 16.4. The van der Waals surface area contributed by atoms with Gasteiger partial charge < -0.3 is 10.4 Å². The zero-order valence-corrected chi connectivity index (χ0v) is 19.1. The third kappa shape index (κ3) is 4.44. The molecule has 1 amide bonds. The molecule has 3 aromatic carbocycles. The first-order valence-corrected chi connectivity index (χ1v) is 11.7. The van der Waals surface area contributed by atoms with E-state index in [0.717, 1.165) is 58.2 Å². The van der Waals surface area contributed by atoms with Crippen LogP contribution in [0.2, 0.25) is 0 Å². The number of benzene rings is 3. The second kappa shape index (κ2) is 9.14. The van der Waals surface area contributed by atoms with Gasteiger partial charge in [0.2, 0.25) is 0 Å². The van der Waals surface area contributed by atoms with E-state index in [2.05, 4.69) is 5.32 Å². The van der Waals surface area contributed by atoms with Gasteiger partial charge in [0.15, 0.2) is 0 Å². The van der Waals surface area contributed by atoms with E-state index in [1.54, 1.807) is 0 Å². The molecule has 2 N–H and O–H groups in total. The maximum atomic E-state index is 12.9. The van der Waals surface area contributed by atoms with Crippen LogP contribution in [0, 0.1) is 0 Å². The van der Waals surface area contributed by atoms with E-state index < -0.39 is 5.97 Å². The molecule has 1 heterocycles. The fraction of sp³-hybridized carbons (Fsp3) is 0.250. The van der Waals surface area contributed by atoms with Crippen LogP contribution in [-0.4, -0.2) is 26.8 Å². The van der Waals surface area contributed by atoms with Crippen LogP contribution in [0.4, 0.5) is 5.69 Å². The number of nitrogens with one attached hydrogen (secondary N) is 1. The minimum atomic E-state index is -0.817. The monoisotopic (exact) mass is 453 g/mol. The van der Waals surface area contributed by atoms with Crippen molar-refractivity contribution >= 4 is 28.3 Å². The molecule has 1 aromatic heterocycles. The topological polar surface area (TPSA) is 84.2 Å². The Kier molecular flexibility index (Phi) is 5.88. The lowest BCUT2D eigenvalue weighted by molar-refractivity contribution is -0.136. The Balaban J connectivity index is 1.34. The fourth-order valence-corrected chi connectivity index (χ4v) is 4.60. The van der Waals surface area contributed by atoms with Crippen LogP contribution in [0.25, 0.3) is 10.8 Å². The van der Waals surface area contributed by atoms with Crippen LogP contribution in [0.3, 0.4) is 0 Å². The second-order valence-corrected chi connectivity index (χ2v) is 8.84. The fourth-order valence-electron chi connectivity index (χ4n) is 4.60. The van der Waals surface area contributed by atoms with Gasteiger partial charge >= 0.3 is 5.97 Å². The summed E-state index contributed by atoms with van der Waals surface area (Å²) in [5, 5.41) is 19.2. The number of fused-ring (bicyclic) bond motifs is 1. The predicted octanol–water partition coefficient (Wildman–Crippen LogP) is 5.40. The molecule has 0 bridgehead atoms. The lowest BCUT2D eigenvalue weighted by Gasteiger charge is -2.10. The maximum Gasteiger partial charge on any atom is 0.307 e. The predicted molar refractivity (Wildman–Crippen MR) is 132 cm³/mol. The number of carbonyl (C=O) groups is 2. The molecule has 0 spiro atoms. The summed E-state index contributed by atoms with van der Waals surface area (Å²) in [4.78, 5) is 24.3. The Bertz CT molecular complexity index is 1360. The van der Waals surface area contributed by atoms with Crippen molar-refractivity contribution in [3.05, 3.63) is 94.8 Å². The number of anilines is 1. The minimum absolute atomic E-state index is 0.0220. The zero-order valence-electron chi connectivity index (χ0n) is 19.1. The summed E-state index contributed by atoms with van der Waals surface area (Å²) in [7, 11) is 0. The van der Waals surface area contributed by atoms with Gasteiger partial charge in [-0.2, -0.15) is 5.10 Å². The average molecular weight is 454 g/mol. The van der Waals surface area contributed by atoms with E-state index in [4.69, 9.17) is 5.10 Å². The minimum Gasteiger partial charge on any atom is -0.481 e. The van der Waals surface area contributed by atoms with Gasteiger partial charge in [-0.3, -0.25) is 14.3 Å². The molecule has 0 atom stereocenters. The van der Waals surface area contributed by atoms with Gasteiger partial charge in [-0.15, -0.1) is 0 Å². The molecule has 0 radical (unpaired) electrons. The van der Waals surface area contributed by atoms with Crippen molar-refractivity contribution in [1.82, 2.24) is 9.78 Å². The Hall–Kier alpha value is -3.93. The van der Waals surface area contributed by atoms with Crippen molar-refractivity contribution in [2.45, 2.75) is 45.1 Å². The molecular formula is C28H27N3O3. The van der Waals surface area contributed by atoms with Crippen molar-refractivity contribution in [2.75, 3.05) is 5.32 Å². The van der Waals surface area contributed by atoms with E-state index in [9.17, 15) is 14.7 Å². The number of carboxylic acids is 1. The number of carboxylic acid groups (broad SMARTS) is 1. The van der Waals surface area contributed by atoms with E-state index in [-0.39, 0.29) is 12.3 Å². The van der Waals surface area contributed by atoms with Crippen LogP contribution in [0.5, 0.6) is 0 Å². The van der Waals surface area contributed by atoms with Gasteiger partial charge in [0.1, 0.15) is 0 Å². The summed E-state index contributed by atoms with van der Waals surface area (Å²) < 4.78 is 1.95. The summed E-state index contributed by atoms with van der Waals surface area (Å²) in [6.45, 7) is 2.61. The van der Waals surface area contributed by atoms with Gasteiger partial charge in [0.25, 0.3) is 5.91 Å². The Morgan fingerprint density at radius 1 is 1.03 bits per heavy atom. The van der Waals surface area contributed by atoms with Gasteiger partial charge in [-0.05, 0) is 53.8 Å². The lowest BCUT2D eigenvalue weighted by Crippen LogP contribution is -2.12. The number of carbonyl (C=O) groups excluding carboxylic acids is 1. The van der Waals surface area contributed by atoms with Gasteiger partial charge in [0, 0.05) is 28.4 Å². The van der Waals surface area contributed by atoms with Crippen molar-refractivity contribution in [2.24, 2.45) is 0 Å². The molecule has 1 aliphatic rings. The number of nitrogens with zero attached hydrogens (tertiary/aromatic N) is 2. The summed E-state index contributed by atoms with van der Waals surface area (Å²) in [6, 6.07) is 21.3. The molecule has 0 aliphatic heterocycles. The van der Waals surface area contributed by atoms with E-state index >= 15 is 0 Å².